The number of piperidine rings is 1. The van der Waals surface area contributed by atoms with Crippen molar-refractivity contribution in [3.8, 4) is 0 Å². The number of aromatic nitrogens is 1. The van der Waals surface area contributed by atoms with E-state index >= 15 is 0 Å². The molecule has 0 spiro atoms. The van der Waals surface area contributed by atoms with Gasteiger partial charge in [-0.1, -0.05) is 0 Å². The van der Waals surface area contributed by atoms with Crippen molar-refractivity contribution in [2.75, 3.05) is 25.5 Å². The SMILES string of the molecule is CNc1cc(C)ncc1C(=O)N1CCC(C(C)O)CC1. The van der Waals surface area contributed by atoms with Crippen molar-refractivity contribution in [3.05, 3.63) is 23.5 Å². The second kappa shape index (κ2) is 6.22. The molecule has 5 heteroatoms. The summed E-state index contributed by atoms with van der Waals surface area (Å²) in [6.07, 6.45) is 3.07. The molecule has 0 radical (unpaired) electrons. The summed E-state index contributed by atoms with van der Waals surface area (Å²) in [4.78, 5) is 18.6. The van der Waals surface area contributed by atoms with E-state index in [-0.39, 0.29) is 12.0 Å². The van der Waals surface area contributed by atoms with Gasteiger partial charge in [0.15, 0.2) is 0 Å². The van der Waals surface area contributed by atoms with Crippen LogP contribution in [0.15, 0.2) is 12.3 Å². The Bertz CT molecular complexity index is 480. The third-order valence-electron chi connectivity index (χ3n) is 4.05. The molecular formula is C15H23N3O2. The minimum Gasteiger partial charge on any atom is -0.393 e. The van der Waals surface area contributed by atoms with Gasteiger partial charge in [-0.15, -0.1) is 0 Å². The first-order valence-corrected chi connectivity index (χ1v) is 7.14. The zero-order valence-corrected chi connectivity index (χ0v) is 12.4. The molecule has 2 heterocycles. The lowest BCUT2D eigenvalue weighted by molar-refractivity contribution is 0.0522. The average molecular weight is 277 g/mol. The molecule has 1 aliphatic heterocycles. The highest BCUT2D eigenvalue weighted by Gasteiger charge is 2.27. The van der Waals surface area contributed by atoms with Crippen LogP contribution in [0.5, 0.6) is 0 Å². The fourth-order valence-corrected chi connectivity index (χ4v) is 2.69. The normalized spacial score (nSPS) is 17.9. The number of pyridine rings is 1. The lowest BCUT2D eigenvalue weighted by atomic mass is 9.92. The van der Waals surface area contributed by atoms with Crippen LogP contribution in [-0.4, -0.2) is 47.1 Å². The number of carbonyl (C=O) groups excluding carboxylic acids is 1. The zero-order chi connectivity index (χ0) is 14.7. The molecule has 1 atom stereocenters. The van der Waals surface area contributed by atoms with Gasteiger partial charge in [0.2, 0.25) is 0 Å². The molecule has 1 aromatic heterocycles. The number of anilines is 1. The monoisotopic (exact) mass is 277 g/mol. The maximum atomic E-state index is 12.6. The Labute approximate surface area is 120 Å². The summed E-state index contributed by atoms with van der Waals surface area (Å²) < 4.78 is 0. The first-order chi connectivity index (χ1) is 9.52. The van der Waals surface area contributed by atoms with Gasteiger partial charge in [0.25, 0.3) is 5.91 Å². The van der Waals surface area contributed by atoms with E-state index < -0.39 is 0 Å². The second-order valence-corrected chi connectivity index (χ2v) is 5.49. The molecule has 1 saturated heterocycles. The number of carbonyl (C=O) groups is 1. The predicted octanol–water partition coefficient (Wildman–Crippen LogP) is 1.66. The van der Waals surface area contributed by atoms with Crippen molar-refractivity contribution in [3.63, 3.8) is 0 Å². The van der Waals surface area contributed by atoms with Crippen molar-refractivity contribution in [1.29, 1.82) is 0 Å². The highest BCUT2D eigenvalue weighted by atomic mass is 16.3. The molecule has 1 unspecified atom stereocenters. The first kappa shape index (κ1) is 14.8. The second-order valence-electron chi connectivity index (χ2n) is 5.49. The molecule has 1 aromatic rings. The number of nitrogens with zero attached hydrogens (tertiary/aromatic N) is 2. The van der Waals surface area contributed by atoms with E-state index in [1.807, 2.05) is 31.9 Å². The summed E-state index contributed by atoms with van der Waals surface area (Å²) in [5.74, 6) is 0.324. The number of rotatable bonds is 3. The van der Waals surface area contributed by atoms with Gasteiger partial charge in [-0.3, -0.25) is 9.78 Å². The minimum absolute atomic E-state index is 0.0193. The molecule has 20 heavy (non-hydrogen) atoms. The molecule has 1 aliphatic rings. The molecule has 1 amide bonds. The van der Waals surface area contributed by atoms with Gasteiger partial charge in [-0.05, 0) is 38.7 Å². The van der Waals surface area contributed by atoms with Crippen LogP contribution in [0.2, 0.25) is 0 Å². The maximum Gasteiger partial charge on any atom is 0.257 e. The fourth-order valence-electron chi connectivity index (χ4n) is 2.69. The van der Waals surface area contributed by atoms with Crippen LogP contribution in [-0.2, 0) is 0 Å². The molecule has 0 aromatic carbocycles. The Kier molecular flexibility index (Phi) is 4.60. The van der Waals surface area contributed by atoms with Gasteiger partial charge in [0, 0.05) is 32.0 Å². The fraction of sp³-hybridized carbons (Fsp3) is 0.600. The van der Waals surface area contributed by atoms with Crippen LogP contribution < -0.4 is 5.32 Å². The van der Waals surface area contributed by atoms with Crippen LogP contribution in [0.4, 0.5) is 5.69 Å². The smallest absolute Gasteiger partial charge is 0.257 e. The van der Waals surface area contributed by atoms with Gasteiger partial charge in [0.05, 0.1) is 17.4 Å². The lowest BCUT2D eigenvalue weighted by Gasteiger charge is -2.33. The molecule has 0 saturated carbocycles. The van der Waals surface area contributed by atoms with E-state index in [0.29, 0.717) is 24.6 Å². The van der Waals surface area contributed by atoms with Crippen molar-refractivity contribution in [2.24, 2.45) is 5.92 Å². The number of likely N-dealkylation sites (tertiary alicyclic amines) is 1. The van der Waals surface area contributed by atoms with E-state index in [4.69, 9.17) is 0 Å². The van der Waals surface area contributed by atoms with Gasteiger partial charge in [-0.25, -0.2) is 0 Å². The Morgan fingerprint density at radius 2 is 2.15 bits per heavy atom. The third-order valence-corrected chi connectivity index (χ3v) is 4.05. The highest BCUT2D eigenvalue weighted by Crippen LogP contribution is 2.24. The maximum absolute atomic E-state index is 12.6. The summed E-state index contributed by atoms with van der Waals surface area (Å²) in [6, 6.07) is 1.88. The van der Waals surface area contributed by atoms with Crippen molar-refractivity contribution >= 4 is 11.6 Å². The van der Waals surface area contributed by atoms with Gasteiger partial charge in [-0.2, -0.15) is 0 Å². The molecular weight excluding hydrogens is 254 g/mol. The van der Waals surface area contributed by atoms with Crippen LogP contribution in [0.3, 0.4) is 0 Å². The topological polar surface area (TPSA) is 65.5 Å². The van der Waals surface area contributed by atoms with E-state index in [2.05, 4.69) is 10.3 Å². The molecule has 2 rings (SSSR count). The Morgan fingerprint density at radius 3 is 2.70 bits per heavy atom. The number of aryl methyl sites for hydroxylation is 1. The molecule has 110 valence electrons. The third kappa shape index (κ3) is 3.10. The quantitative estimate of drug-likeness (QED) is 0.882. The lowest BCUT2D eigenvalue weighted by Crippen LogP contribution is -2.41. The van der Waals surface area contributed by atoms with E-state index in [9.17, 15) is 9.90 Å². The summed E-state index contributed by atoms with van der Waals surface area (Å²) in [5, 5.41) is 12.7. The van der Waals surface area contributed by atoms with Crippen molar-refractivity contribution < 1.29 is 9.90 Å². The first-order valence-electron chi connectivity index (χ1n) is 7.14. The highest BCUT2D eigenvalue weighted by molar-refractivity contribution is 5.99. The van der Waals surface area contributed by atoms with Crippen LogP contribution in [0, 0.1) is 12.8 Å². The molecule has 0 bridgehead atoms. The largest absolute Gasteiger partial charge is 0.393 e. The van der Waals surface area contributed by atoms with Crippen molar-refractivity contribution in [1.82, 2.24) is 9.88 Å². The summed E-state index contributed by atoms with van der Waals surface area (Å²) in [6.45, 7) is 5.13. The summed E-state index contributed by atoms with van der Waals surface area (Å²) in [7, 11) is 1.81. The number of hydrogen-bond donors (Lipinski definition) is 2. The predicted molar refractivity (Wildman–Crippen MR) is 78.8 cm³/mol. The Morgan fingerprint density at radius 1 is 1.50 bits per heavy atom. The van der Waals surface area contributed by atoms with E-state index in [1.165, 1.54) is 0 Å². The zero-order valence-electron chi connectivity index (χ0n) is 12.4. The number of hydrogen-bond acceptors (Lipinski definition) is 4. The van der Waals surface area contributed by atoms with Crippen LogP contribution in [0.25, 0.3) is 0 Å². The van der Waals surface area contributed by atoms with E-state index in [1.54, 1.807) is 6.20 Å². The van der Waals surface area contributed by atoms with Crippen LogP contribution in [0.1, 0.15) is 35.8 Å². The molecule has 2 N–H and O–H groups in total. The number of nitrogens with one attached hydrogen (secondary N) is 1. The van der Waals surface area contributed by atoms with E-state index in [0.717, 1.165) is 24.2 Å². The standard InChI is InChI=1S/C15H23N3O2/c1-10-8-14(16-3)13(9-17-10)15(20)18-6-4-12(5-7-18)11(2)19/h8-9,11-12,19H,4-7H2,1-3H3,(H,16,17). The van der Waals surface area contributed by atoms with Crippen LogP contribution >= 0.6 is 0 Å². The number of aliphatic hydroxyl groups is 1. The summed E-state index contributed by atoms with van der Waals surface area (Å²) in [5.41, 5.74) is 2.33. The molecule has 1 fully saturated rings. The Hall–Kier alpha value is -1.62. The molecule has 0 aliphatic carbocycles. The summed E-state index contributed by atoms with van der Waals surface area (Å²) >= 11 is 0. The molecule has 5 nitrogen and oxygen atoms in total. The van der Waals surface area contributed by atoms with Gasteiger partial charge < -0.3 is 15.3 Å². The number of amides is 1. The number of aliphatic hydroxyl groups excluding tert-OH is 1. The Balaban J connectivity index is 2.09. The van der Waals surface area contributed by atoms with Gasteiger partial charge >= 0.3 is 0 Å². The average Bonchev–Trinajstić information content (AvgIpc) is 2.46. The minimum atomic E-state index is -0.291. The van der Waals surface area contributed by atoms with Crippen molar-refractivity contribution in [2.45, 2.75) is 32.8 Å². The van der Waals surface area contributed by atoms with Gasteiger partial charge in [0.1, 0.15) is 0 Å².